The van der Waals surface area contributed by atoms with Crippen LogP contribution < -0.4 is 0 Å². The first-order valence-electron chi connectivity index (χ1n) is 5.05. The summed E-state index contributed by atoms with van der Waals surface area (Å²) in [5.41, 5.74) is 0. The lowest BCUT2D eigenvalue weighted by molar-refractivity contribution is -0.146. The van der Waals surface area contributed by atoms with Gasteiger partial charge in [-0.25, -0.2) is 0 Å². The number of hydrogen-bond acceptors (Lipinski definition) is 4. The zero-order valence-electron chi connectivity index (χ0n) is 9.25. The Balaban J connectivity index is 3.35. The molecule has 1 unspecified atom stereocenters. The minimum atomic E-state index is -0.212. The minimum Gasteiger partial charge on any atom is -0.466 e. The third-order valence-corrected chi connectivity index (χ3v) is 1.59. The second-order valence-corrected chi connectivity index (χ2v) is 2.89. The van der Waals surface area contributed by atoms with Crippen LogP contribution in [0.25, 0.3) is 0 Å². The minimum absolute atomic E-state index is 0.102. The predicted molar refractivity (Wildman–Crippen MR) is 53.2 cm³/mol. The monoisotopic (exact) mass is 204 g/mol. The van der Waals surface area contributed by atoms with Crippen molar-refractivity contribution in [2.75, 3.05) is 26.4 Å². The van der Waals surface area contributed by atoms with Gasteiger partial charge in [-0.15, -0.1) is 0 Å². The molecule has 0 heterocycles. The van der Waals surface area contributed by atoms with E-state index in [-0.39, 0.29) is 12.1 Å². The molecular formula is C10H20O4. The molecule has 0 bridgehead atoms. The van der Waals surface area contributed by atoms with E-state index in [0.717, 1.165) is 0 Å². The van der Waals surface area contributed by atoms with E-state index in [2.05, 4.69) is 0 Å². The van der Waals surface area contributed by atoms with Gasteiger partial charge in [-0.1, -0.05) is 0 Å². The normalized spacial score (nSPS) is 12.5. The van der Waals surface area contributed by atoms with Crippen molar-refractivity contribution in [1.29, 1.82) is 0 Å². The molecule has 1 atom stereocenters. The topological polar surface area (TPSA) is 44.8 Å². The van der Waals surface area contributed by atoms with Crippen molar-refractivity contribution < 1.29 is 19.0 Å². The maximum Gasteiger partial charge on any atom is 0.308 e. The summed E-state index contributed by atoms with van der Waals surface area (Å²) in [6, 6.07) is 0. The lowest BCUT2D eigenvalue weighted by atomic mass is 10.3. The first-order chi connectivity index (χ1) is 6.70. The van der Waals surface area contributed by atoms with Crippen molar-refractivity contribution in [3.63, 3.8) is 0 Å². The highest BCUT2D eigenvalue weighted by Gasteiger charge is 2.09. The zero-order chi connectivity index (χ0) is 10.8. The van der Waals surface area contributed by atoms with Crippen LogP contribution in [0.3, 0.4) is 0 Å². The highest BCUT2D eigenvalue weighted by atomic mass is 16.5. The highest BCUT2D eigenvalue weighted by Crippen LogP contribution is 1.99. The molecule has 0 N–H and O–H groups in total. The maximum absolute atomic E-state index is 11.0. The highest BCUT2D eigenvalue weighted by molar-refractivity contribution is 5.69. The summed E-state index contributed by atoms with van der Waals surface area (Å²) in [5.74, 6) is -0.212. The summed E-state index contributed by atoms with van der Waals surface area (Å²) in [5, 5.41) is 0. The third-order valence-electron chi connectivity index (χ3n) is 1.59. The third kappa shape index (κ3) is 8.01. The molecule has 84 valence electrons. The molecule has 0 aliphatic carbocycles. The van der Waals surface area contributed by atoms with Crippen LogP contribution in [-0.2, 0) is 19.0 Å². The van der Waals surface area contributed by atoms with Gasteiger partial charge in [0.05, 0.1) is 32.3 Å². The van der Waals surface area contributed by atoms with E-state index in [1.807, 2.05) is 13.8 Å². The van der Waals surface area contributed by atoms with Gasteiger partial charge in [0.15, 0.2) is 0 Å². The Labute approximate surface area is 85.5 Å². The van der Waals surface area contributed by atoms with Crippen molar-refractivity contribution in [1.82, 2.24) is 0 Å². The van der Waals surface area contributed by atoms with Gasteiger partial charge in [-0.3, -0.25) is 4.79 Å². The molecule has 14 heavy (non-hydrogen) atoms. The van der Waals surface area contributed by atoms with E-state index >= 15 is 0 Å². The van der Waals surface area contributed by atoms with Crippen LogP contribution in [0, 0.1) is 0 Å². The van der Waals surface area contributed by atoms with E-state index in [1.54, 1.807) is 6.92 Å². The van der Waals surface area contributed by atoms with Crippen LogP contribution in [-0.4, -0.2) is 38.5 Å². The van der Waals surface area contributed by atoms with Crippen molar-refractivity contribution in [2.45, 2.75) is 33.3 Å². The van der Waals surface area contributed by atoms with Gasteiger partial charge in [-0.2, -0.15) is 0 Å². The molecule has 0 aromatic heterocycles. The second-order valence-electron chi connectivity index (χ2n) is 2.89. The van der Waals surface area contributed by atoms with Crippen LogP contribution in [0.15, 0.2) is 0 Å². The first-order valence-corrected chi connectivity index (χ1v) is 5.05. The van der Waals surface area contributed by atoms with Crippen molar-refractivity contribution in [3.05, 3.63) is 0 Å². The standard InChI is InChI=1S/C10H20O4/c1-4-12-6-7-14-9(3)8-10(11)13-5-2/h9H,4-8H2,1-3H3. The number of carbonyl (C=O) groups is 1. The lowest BCUT2D eigenvalue weighted by Gasteiger charge is -2.11. The van der Waals surface area contributed by atoms with E-state index in [4.69, 9.17) is 14.2 Å². The van der Waals surface area contributed by atoms with Gasteiger partial charge in [0.2, 0.25) is 0 Å². The maximum atomic E-state index is 11.0. The molecule has 0 aliphatic heterocycles. The molecule has 4 heteroatoms. The lowest BCUT2D eigenvalue weighted by Crippen LogP contribution is -2.18. The summed E-state index contributed by atoms with van der Waals surface area (Å²) in [6.45, 7) is 7.78. The largest absolute Gasteiger partial charge is 0.466 e. The Morgan fingerprint density at radius 3 is 2.50 bits per heavy atom. The molecule has 0 radical (unpaired) electrons. The second kappa shape index (κ2) is 8.97. The van der Waals surface area contributed by atoms with Crippen LogP contribution in [0.5, 0.6) is 0 Å². The van der Waals surface area contributed by atoms with Gasteiger partial charge in [0.1, 0.15) is 0 Å². The molecule has 0 amide bonds. The Bertz CT molecular complexity index is 147. The molecule has 0 aromatic rings. The average Bonchev–Trinajstić information content (AvgIpc) is 2.13. The quantitative estimate of drug-likeness (QED) is 0.442. The van der Waals surface area contributed by atoms with Gasteiger partial charge < -0.3 is 14.2 Å². The van der Waals surface area contributed by atoms with Gasteiger partial charge in [-0.05, 0) is 20.8 Å². The van der Waals surface area contributed by atoms with Gasteiger partial charge in [0, 0.05) is 6.61 Å². The number of esters is 1. The van der Waals surface area contributed by atoms with Crippen LogP contribution in [0.1, 0.15) is 27.2 Å². The summed E-state index contributed by atoms with van der Waals surface area (Å²) in [4.78, 5) is 11.0. The molecule has 4 nitrogen and oxygen atoms in total. The molecular weight excluding hydrogens is 184 g/mol. The smallest absolute Gasteiger partial charge is 0.308 e. The Morgan fingerprint density at radius 1 is 1.21 bits per heavy atom. The molecule has 0 aromatic carbocycles. The Morgan fingerprint density at radius 2 is 1.93 bits per heavy atom. The molecule has 0 aliphatic rings. The van der Waals surface area contributed by atoms with E-state index in [0.29, 0.717) is 32.8 Å². The van der Waals surface area contributed by atoms with Crippen molar-refractivity contribution >= 4 is 5.97 Å². The summed E-state index contributed by atoms with van der Waals surface area (Å²) >= 11 is 0. The Hall–Kier alpha value is -0.610. The fourth-order valence-electron chi connectivity index (χ4n) is 0.966. The van der Waals surface area contributed by atoms with Crippen LogP contribution in [0.2, 0.25) is 0 Å². The van der Waals surface area contributed by atoms with E-state index < -0.39 is 0 Å². The number of rotatable bonds is 8. The summed E-state index contributed by atoms with van der Waals surface area (Å²) in [7, 11) is 0. The van der Waals surface area contributed by atoms with Crippen LogP contribution >= 0.6 is 0 Å². The zero-order valence-corrected chi connectivity index (χ0v) is 9.25. The fourth-order valence-corrected chi connectivity index (χ4v) is 0.966. The average molecular weight is 204 g/mol. The van der Waals surface area contributed by atoms with E-state index in [1.165, 1.54) is 0 Å². The Kier molecular flexibility index (Phi) is 8.57. The van der Waals surface area contributed by atoms with Crippen molar-refractivity contribution in [3.8, 4) is 0 Å². The molecule has 0 spiro atoms. The first kappa shape index (κ1) is 13.4. The summed E-state index contributed by atoms with van der Waals surface area (Å²) in [6.07, 6.45) is 0.203. The number of carbonyl (C=O) groups excluding carboxylic acids is 1. The number of hydrogen-bond donors (Lipinski definition) is 0. The summed E-state index contributed by atoms with van der Waals surface area (Å²) < 4.78 is 15.2. The molecule has 0 saturated heterocycles. The van der Waals surface area contributed by atoms with Gasteiger partial charge >= 0.3 is 5.97 Å². The van der Waals surface area contributed by atoms with Crippen LogP contribution in [0.4, 0.5) is 0 Å². The molecule has 0 rings (SSSR count). The van der Waals surface area contributed by atoms with Crippen molar-refractivity contribution in [2.24, 2.45) is 0 Å². The number of ether oxygens (including phenoxy) is 3. The van der Waals surface area contributed by atoms with Gasteiger partial charge in [0.25, 0.3) is 0 Å². The SMILES string of the molecule is CCOCCOC(C)CC(=O)OCC. The fraction of sp³-hybridized carbons (Fsp3) is 0.900. The molecule has 0 saturated carbocycles. The molecule has 0 fully saturated rings. The predicted octanol–water partition coefficient (Wildman–Crippen LogP) is 1.38. The van der Waals surface area contributed by atoms with E-state index in [9.17, 15) is 4.79 Å².